The molecular formula is C18H32B2O4. The molecule has 0 atom stereocenters. The van der Waals surface area contributed by atoms with Gasteiger partial charge < -0.3 is 19.8 Å². The summed E-state index contributed by atoms with van der Waals surface area (Å²) in [6.45, 7) is 3.79. The van der Waals surface area contributed by atoms with E-state index in [1.807, 2.05) is 13.8 Å². The minimum absolute atomic E-state index is 0.447. The standard InChI is InChI=1S/2C9H16BO2/c2*1-9(12)4-2-8(3-5-9)6-10-7-11/h2*7-8,12H,2-6H2,1H3. The Balaban J connectivity index is 0.000000240. The van der Waals surface area contributed by atoms with Gasteiger partial charge in [-0.2, -0.15) is 0 Å². The number of rotatable bonds is 6. The van der Waals surface area contributed by atoms with Crippen LogP contribution in [0.5, 0.6) is 0 Å². The highest BCUT2D eigenvalue weighted by Crippen LogP contribution is 2.34. The molecule has 0 aromatic rings. The highest BCUT2D eigenvalue weighted by molar-refractivity contribution is 6.66. The van der Waals surface area contributed by atoms with Gasteiger partial charge in [-0.3, -0.25) is 0 Å². The van der Waals surface area contributed by atoms with Gasteiger partial charge in [-0.15, -0.1) is 0 Å². The second-order valence-electron chi connectivity index (χ2n) is 8.10. The predicted octanol–water partition coefficient (Wildman–Crippen LogP) is 2.48. The van der Waals surface area contributed by atoms with Crippen LogP contribution in [0.3, 0.4) is 0 Å². The van der Waals surface area contributed by atoms with Crippen molar-refractivity contribution in [3.05, 3.63) is 0 Å². The van der Waals surface area contributed by atoms with Crippen molar-refractivity contribution < 1.29 is 19.8 Å². The van der Waals surface area contributed by atoms with Gasteiger partial charge in [0, 0.05) is 0 Å². The molecule has 0 amide bonds. The van der Waals surface area contributed by atoms with Crippen LogP contribution in [0.25, 0.3) is 0 Å². The van der Waals surface area contributed by atoms with Crippen molar-refractivity contribution in [3.63, 3.8) is 0 Å². The first-order valence-corrected chi connectivity index (χ1v) is 9.27. The van der Waals surface area contributed by atoms with Gasteiger partial charge in [0.1, 0.15) is 0 Å². The van der Waals surface area contributed by atoms with Gasteiger partial charge in [0.25, 0.3) is 0 Å². The third kappa shape index (κ3) is 9.03. The molecular weight excluding hydrogens is 302 g/mol. The van der Waals surface area contributed by atoms with E-state index in [1.165, 1.54) is 0 Å². The Labute approximate surface area is 148 Å². The van der Waals surface area contributed by atoms with Crippen LogP contribution in [0.4, 0.5) is 0 Å². The zero-order valence-electron chi connectivity index (χ0n) is 15.2. The molecule has 0 aromatic carbocycles. The summed E-state index contributed by atoms with van der Waals surface area (Å²) in [5.41, 5.74) is -0.893. The van der Waals surface area contributed by atoms with Crippen LogP contribution in [0, 0.1) is 11.8 Å². The van der Waals surface area contributed by atoms with Crippen molar-refractivity contribution in [2.24, 2.45) is 11.8 Å². The van der Waals surface area contributed by atoms with Gasteiger partial charge in [-0.1, -0.05) is 12.6 Å². The topological polar surface area (TPSA) is 74.6 Å². The van der Waals surface area contributed by atoms with Gasteiger partial charge in [0.2, 0.25) is 0 Å². The average molecular weight is 334 g/mol. The van der Waals surface area contributed by atoms with Crippen molar-refractivity contribution >= 4 is 26.9 Å². The number of aliphatic hydroxyl groups is 2. The lowest BCUT2D eigenvalue weighted by atomic mass is 9.66. The minimum atomic E-state index is -0.447. The first-order chi connectivity index (χ1) is 11.3. The summed E-state index contributed by atoms with van der Waals surface area (Å²) in [6.07, 6.45) is 11.2. The quantitative estimate of drug-likeness (QED) is 0.578. The van der Waals surface area contributed by atoms with E-state index in [0.29, 0.717) is 11.8 Å². The third-order valence-electron chi connectivity index (χ3n) is 5.50. The van der Waals surface area contributed by atoms with Gasteiger partial charge in [-0.05, 0) is 77.0 Å². The molecule has 6 heteroatoms. The molecule has 2 fully saturated rings. The maximum absolute atomic E-state index is 10.1. The van der Waals surface area contributed by atoms with Gasteiger partial charge >= 0.3 is 0 Å². The van der Waals surface area contributed by atoms with Gasteiger partial charge in [-0.25, -0.2) is 0 Å². The van der Waals surface area contributed by atoms with E-state index in [1.54, 1.807) is 14.6 Å². The second-order valence-corrected chi connectivity index (χ2v) is 8.10. The Morgan fingerprint density at radius 1 is 0.792 bits per heavy atom. The number of hydrogen-bond donors (Lipinski definition) is 2. The monoisotopic (exact) mass is 334 g/mol. The Morgan fingerprint density at radius 3 is 1.33 bits per heavy atom. The Morgan fingerprint density at radius 2 is 1.08 bits per heavy atom. The maximum Gasteiger partial charge on any atom is 0.197 e. The fourth-order valence-corrected chi connectivity index (χ4v) is 3.57. The van der Waals surface area contributed by atoms with E-state index < -0.39 is 11.2 Å². The van der Waals surface area contributed by atoms with Crippen molar-refractivity contribution in [2.45, 2.75) is 89.1 Å². The van der Waals surface area contributed by atoms with E-state index in [-0.39, 0.29) is 0 Å². The zero-order chi connectivity index (χ0) is 18.1. The van der Waals surface area contributed by atoms with Gasteiger partial charge in [0.05, 0.1) is 23.6 Å². The highest BCUT2D eigenvalue weighted by Gasteiger charge is 2.28. The summed E-state index contributed by atoms with van der Waals surface area (Å²) < 4.78 is 0. The van der Waals surface area contributed by atoms with Crippen molar-refractivity contribution in [3.8, 4) is 0 Å². The molecule has 2 rings (SSSR count). The Bertz CT molecular complexity index is 329. The lowest BCUT2D eigenvalue weighted by Gasteiger charge is -2.32. The lowest BCUT2D eigenvalue weighted by Crippen LogP contribution is -2.30. The molecule has 2 aliphatic carbocycles. The summed E-state index contributed by atoms with van der Waals surface area (Å²) in [5.74, 6) is 1.24. The normalized spacial score (nSPS) is 36.0. The van der Waals surface area contributed by atoms with Crippen molar-refractivity contribution in [2.75, 3.05) is 0 Å². The summed E-state index contributed by atoms with van der Waals surface area (Å²) >= 11 is 0. The number of carbonyl (C=O) groups excluding carboxylic acids is 2. The molecule has 134 valence electrons. The first-order valence-electron chi connectivity index (χ1n) is 9.27. The molecule has 0 heterocycles. The molecule has 0 aromatic heterocycles. The molecule has 4 nitrogen and oxygen atoms in total. The largest absolute Gasteiger partial charge is 0.390 e. The Hall–Kier alpha value is -0.610. The van der Waals surface area contributed by atoms with E-state index in [4.69, 9.17) is 0 Å². The van der Waals surface area contributed by atoms with Crippen molar-refractivity contribution in [1.82, 2.24) is 0 Å². The second kappa shape index (κ2) is 10.4. The predicted molar refractivity (Wildman–Crippen MR) is 99.8 cm³/mol. The third-order valence-corrected chi connectivity index (χ3v) is 5.50. The summed E-state index contributed by atoms with van der Waals surface area (Å²) in [5, 5.41) is 19.3. The molecule has 2 saturated carbocycles. The maximum atomic E-state index is 10.1. The molecule has 2 aliphatic rings. The molecule has 24 heavy (non-hydrogen) atoms. The SMILES string of the molecule is CC1(O)CCC(C[B]C=O)CC1.CC1(O)CCC(C[B]C=O)CC1. The van der Waals surface area contributed by atoms with Crippen LogP contribution in [0.1, 0.15) is 65.2 Å². The zero-order valence-corrected chi connectivity index (χ0v) is 15.2. The van der Waals surface area contributed by atoms with Gasteiger partial charge in [0.15, 0.2) is 14.6 Å². The van der Waals surface area contributed by atoms with E-state index in [0.717, 1.165) is 76.4 Å². The summed E-state index contributed by atoms with van der Waals surface area (Å²) in [6, 6.07) is 0. The molecule has 0 aliphatic heterocycles. The fraction of sp³-hybridized carbons (Fsp3) is 0.889. The van der Waals surface area contributed by atoms with Crippen molar-refractivity contribution in [1.29, 1.82) is 0 Å². The average Bonchev–Trinajstić information content (AvgIpc) is 2.53. The molecule has 0 unspecified atom stereocenters. The van der Waals surface area contributed by atoms with E-state index >= 15 is 0 Å². The number of carbonyl (C=O) groups is 2. The fourth-order valence-electron chi connectivity index (χ4n) is 3.57. The molecule has 0 saturated heterocycles. The van der Waals surface area contributed by atoms with E-state index in [9.17, 15) is 19.8 Å². The smallest absolute Gasteiger partial charge is 0.197 e. The van der Waals surface area contributed by atoms with Crippen LogP contribution >= 0.6 is 0 Å². The molecule has 0 spiro atoms. The molecule has 2 radical (unpaired) electrons. The summed E-state index contributed by atoms with van der Waals surface area (Å²) in [7, 11) is 3.37. The number of hydrogen-bond acceptors (Lipinski definition) is 4. The van der Waals surface area contributed by atoms with Crippen LogP contribution < -0.4 is 0 Å². The van der Waals surface area contributed by atoms with Crippen LogP contribution in [0.15, 0.2) is 0 Å². The first kappa shape index (κ1) is 21.4. The lowest BCUT2D eigenvalue weighted by molar-refractivity contribution is 0.0101. The van der Waals surface area contributed by atoms with E-state index in [2.05, 4.69) is 0 Å². The minimum Gasteiger partial charge on any atom is -0.390 e. The van der Waals surface area contributed by atoms with Crippen LogP contribution in [-0.2, 0) is 9.59 Å². The van der Waals surface area contributed by atoms with Crippen LogP contribution in [-0.4, -0.2) is 48.3 Å². The van der Waals surface area contributed by atoms with Crippen LogP contribution in [0.2, 0.25) is 12.6 Å². The molecule has 2 N–H and O–H groups in total. The highest BCUT2D eigenvalue weighted by atomic mass is 16.3. The Kier molecular flexibility index (Phi) is 9.28. The molecule has 0 bridgehead atoms. The summed E-state index contributed by atoms with van der Waals surface area (Å²) in [4.78, 5) is 20.1.